The number of rotatable bonds is 6. The highest BCUT2D eigenvalue weighted by Gasteiger charge is 2.53. The van der Waals surface area contributed by atoms with Crippen molar-refractivity contribution in [3.63, 3.8) is 0 Å². The number of carboxylic acid groups (broad SMARTS) is 1. The first-order valence-corrected chi connectivity index (χ1v) is 11.1. The Bertz CT molecular complexity index is 1250. The highest BCUT2D eigenvalue weighted by atomic mass is 16.5. The summed E-state index contributed by atoms with van der Waals surface area (Å²) < 4.78 is 5.60. The molecule has 34 heavy (non-hydrogen) atoms. The lowest BCUT2D eigenvalue weighted by atomic mass is 9.98. The third-order valence-electron chi connectivity index (χ3n) is 6.64. The Hall–Kier alpha value is -4.13. The molecule has 0 radical (unpaired) electrons. The summed E-state index contributed by atoms with van der Waals surface area (Å²) in [7, 11) is 1.52. The van der Waals surface area contributed by atoms with Gasteiger partial charge in [0.15, 0.2) is 0 Å². The third-order valence-corrected chi connectivity index (χ3v) is 6.64. The number of carbonyl (C=O) groups excluding carboxylic acids is 2. The van der Waals surface area contributed by atoms with Crippen molar-refractivity contribution in [2.24, 2.45) is 0 Å². The van der Waals surface area contributed by atoms with Gasteiger partial charge in [0.05, 0.1) is 11.3 Å². The Balaban J connectivity index is 1.28. The number of likely N-dealkylation sites (N-methyl/N-ethyl adjacent to an activating group) is 1. The number of carbonyl (C=O) groups is 3. The molecule has 1 saturated carbocycles. The van der Waals surface area contributed by atoms with Crippen LogP contribution in [0.2, 0.25) is 0 Å². The molecule has 0 saturated heterocycles. The molecular formula is C27H24N2O5. The number of nitrogens with zero attached hydrogens (tertiary/aromatic N) is 1. The summed E-state index contributed by atoms with van der Waals surface area (Å²) in [6.07, 6.45) is 0.276. The van der Waals surface area contributed by atoms with Crippen LogP contribution in [0.25, 0.3) is 11.1 Å². The van der Waals surface area contributed by atoms with Crippen molar-refractivity contribution in [3.05, 3.63) is 89.5 Å². The normalized spacial score (nSPS) is 15.1. The minimum atomic E-state index is -1.12. The van der Waals surface area contributed by atoms with Crippen LogP contribution >= 0.6 is 0 Å². The second-order valence-corrected chi connectivity index (χ2v) is 8.72. The van der Waals surface area contributed by atoms with E-state index < -0.39 is 17.6 Å². The van der Waals surface area contributed by atoms with Crippen LogP contribution in [0, 0.1) is 0 Å². The number of nitrogens with one attached hydrogen (secondary N) is 1. The number of para-hydroxylation sites is 1. The van der Waals surface area contributed by atoms with Gasteiger partial charge in [-0.25, -0.2) is 9.59 Å². The molecule has 5 rings (SSSR count). The SMILES string of the molecule is CN(C(=O)C1(NC(=O)OCC2c3ccccc3-c3ccccc32)CC1)c1ccccc1C(=O)O. The molecule has 3 aromatic rings. The van der Waals surface area contributed by atoms with Gasteiger partial charge in [0.2, 0.25) is 0 Å². The topological polar surface area (TPSA) is 95.9 Å². The summed E-state index contributed by atoms with van der Waals surface area (Å²) in [4.78, 5) is 38.8. The van der Waals surface area contributed by atoms with Gasteiger partial charge in [-0.2, -0.15) is 0 Å². The van der Waals surface area contributed by atoms with Gasteiger partial charge >= 0.3 is 12.1 Å². The van der Waals surface area contributed by atoms with E-state index in [9.17, 15) is 19.5 Å². The van der Waals surface area contributed by atoms with E-state index in [0.717, 1.165) is 22.3 Å². The molecule has 3 aromatic carbocycles. The Kier molecular flexibility index (Phi) is 5.32. The first-order valence-electron chi connectivity index (χ1n) is 11.1. The van der Waals surface area contributed by atoms with E-state index >= 15 is 0 Å². The summed E-state index contributed by atoms with van der Waals surface area (Å²) in [5.74, 6) is -1.56. The van der Waals surface area contributed by atoms with Crippen LogP contribution < -0.4 is 10.2 Å². The van der Waals surface area contributed by atoms with Crippen LogP contribution in [-0.4, -0.2) is 42.3 Å². The van der Waals surface area contributed by atoms with Gasteiger partial charge in [-0.05, 0) is 47.2 Å². The third kappa shape index (κ3) is 3.69. The first-order chi connectivity index (χ1) is 16.4. The average molecular weight is 456 g/mol. The molecule has 0 atom stereocenters. The maximum Gasteiger partial charge on any atom is 0.408 e. The van der Waals surface area contributed by atoms with E-state index in [1.165, 1.54) is 18.0 Å². The fraction of sp³-hybridized carbons (Fsp3) is 0.222. The van der Waals surface area contributed by atoms with Gasteiger partial charge in [-0.15, -0.1) is 0 Å². The second-order valence-electron chi connectivity index (χ2n) is 8.72. The number of alkyl carbamates (subject to hydrolysis) is 1. The van der Waals surface area contributed by atoms with Crippen molar-refractivity contribution in [1.82, 2.24) is 5.32 Å². The van der Waals surface area contributed by atoms with Crippen LogP contribution in [0.5, 0.6) is 0 Å². The number of hydrogen-bond acceptors (Lipinski definition) is 4. The molecule has 0 aromatic heterocycles. The lowest BCUT2D eigenvalue weighted by molar-refractivity contribution is -0.121. The minimum absolute atomic E-state index is 0.0234. The Morgan fingerprint density at radius 1 is 0.941 bits per heavy atom. The number of fused-ring (bicyclic) bond motifs is 3. The van der Waals surface area contributed by atoms with Gasteiger partial charge in [0, 0.05) is 13.0 Å². The van der Waals surface area contributed by atoms with Crippen LogP contribution in [-0.2, 0) is 9.53 Å². The summed E-state index contributed by atoms with van der Waals surface area (Å²) in [5, 5.41) is 12.2. The van der Waals surface area contributed by atoms with Crippen molar-refractivity contribution >= 4 is 23.7 Å². The van der Waals surface area contributed by atoms with Crippen molar-refractivity contribution in [1.29, 1.82) is 0 Å². The Labute approximate surface area is 197 Å². The van der Waals surface area contributed by atoms with E-state index in [4.69, 9.17) is 4.74 Å². The van der Waals surface area contributed by atoms with Gasteiger partial charge < -0.3 is 20.1 Å². The fourth-order valence-corrected chi connectivity index (χ4v) is 4.72. The zero-order chi connectivity index (χ0) is 23.9. The van der Waals surface area contributed by atoms with Crippen LogP contribution in [0.4, 0.5) is 10.5 Å². The number of amides is 2. The molecular weight excluding hydrogens is 432 g/mol. The molecule has 7 heteroatoms. The molecule has 1 fully saturated rings. The zero-order valence-corrected chi connectivity index (χ0v) is 18.7. The fourth-order valence-electron chi connectivity index (χ4n) is 4.72. The van der Waals surface area contributed by atoms with E-state index in [1.54, 1.807) is 18.2 Å². The van der Waals surface area contributed by atoms with Crippen LogP contribution in [0.3, 0.4) is 0 Å². The second kappa shape index (κ2) is 8.33. The molecule has 0 spiro atoms. The number of benzene rings is 3. The quantitative estimate of drug-likeness (QED) is 0.573. The van der Waals surface area contributed by atoms with Crippen molar-refractivity contribution < 1.29 is 24.2 Å². The number of anilines is 1. The largest absolute Gasteiger partial charge is 0.478 e. The lowest BCUT2D eigenvalue weighted by Crippen LogP contribution is -2.50. The van der Waals surface area contributed by atoms with Crippen LogP contribution in [0.1, 0.15) is 40.2 Å². The molecule has 2 aliphatic rings. The van der Waals surface area contributed by atoms with E-state index in [-0.39, 0.29) is 29.7 Å². The molecule has 0 aliphatic heterocycles. The molecule has 0 heterocycles. The summed E-state index contributed by atoms with van der Waals surface area (Å²) in [5.41, 5.74) is 3.72. The molecule has 2 N–H and O–H groups in total. The summed E-state index contributed by atoms with van der Waals surface area (Å²) >= 11 is 0. The predicted molar refractivity (Wildman–Crippen MR) is 127 cm³/mol. The predicted octanol–water partition coefficient (Wildman–Crippen LogP) is 4.42. The smallest absolute Gasteiger partial charge is 0.408 e. The standard InChI is InChI=1S/C27H24N2O5/c1-29(23-13-7-6-12-21(23)24(30)31)25(32)27(14-15-27)28-26(33)34-16-22-19-10-4-2-8-17(19)18-9-3-5-11-20(18)22/h2-13,22H,14-16H2,1H3,(H,28,33)(H,30,31). The average Bonchev–Trinajstić information content (AvgIpc) is 3.56. The number of hydrogen-bond donors (Lipinski definition) is 2. The van der Waals surface area contributed by atoms with Crippen molar-refractivity contribution in [2.45, 2.75) is 24.3 Å². The zero-order valence-electron chi connectivity index (χ0n) is 18.7. The van der Waals surface area contributed by atoms with Gasteiger partial charge in [0.1, 0.15) is 12.1 Å². The maximum atomic E-state index is 13.2. The monoisotopic (exact) mass is 456 g/mol. The maximum absolute atomic E-state index is 13.2. The first kappa shape index (κ1) is 21.7. The van der Waals surface area contributed by atoms with Crippen molar-refractivity contribution in [3.8, 4) is 11.1 Å². The van der Waals surface area contributed by atoms with E-state index in [1.807, 2.05) is 36.4 Å². The van der Waals surface area contributed by atoms with E-state index in [0.29, 0.717) is 12.8 Å². The molecule has 2 aliphatic carbocycles. The summed E-state index contributed by atoms with van der Waals surface area (Å²) in [6, 6.07) is 22.4. The summed E-state index contributed by atoms with van der Waals surface area (Å²) in [6.45, 7) is 0.155. The highest BCUT2D eigenvalue weighted by molar-refractivity contribution is 6.07. The van der Waals surface area contributed by atoms with Crippen molar-refractivity contribution in [2.75, 3.05) is 18.6 Å². The molecule has 0 bridgehead atoms. The van der Waals surface area contributed by atoms with E-state index in [2.05, 4.69) is 17.4 Å². The van der Waals surface area contributed by atoms with Gasteiger partial charge in [0.25, 0.3) is 5.91 Å². The lowest BCUT2D eigenvalue weighted by Gasteiger charge is -2.25. The van der Waals surface area contributed by atoms with Gasteiger partial charge in [-0.1, -0.05) is 60.7 Å². The minimum Gasteiger partial charge on any atom is -0.478 e. The Morgan fingerprint density at radius 2 is 1.50 bits per heavy atom. The highest BCUT2D eigenvalue weighted by Crippen LogP contribution is 2.44. The molecule has 0 unspecified atom stereocenters. The molecule has 172 valence electrons. The number of ether oxygens (including phenoxy) is 1. The number of carboxylic acids is 1. The van der Waals surface area contributed by atoms with Gasteiger partial charge in [-0.3, -0.25) is 4.79 Å². The molecule has 2 amide bonds. The molecule has 7 nitrogen and oxygen atoms in total. The van der Waals surface area contributed by atoms with Crippen LogP contribution in [0.15, 0.2) is 72.8 Å². The number of aromatic carboxylic acids is 1. The Morgan fingerprint density at radius 3 is 2.09 bits per heavy atom.